The van der Waals surface area contributed by atoms with Crippen LogP contribution in [0, 0.1) is 13.8 Å². The number of primary amides is 1. The molecule has 3 N–H and O–H groups in total. The van der Waals surface area contributed by atoms with Crippen LogP contribution in [-0.2, 0) is 4.79 Å². The quantitative estimate of drug-likeness (QED) is 0.584. The molecule has 1 rings (SSSR count). The van der Waals surface area contributed by atoms with Gasteiger partial charge in [0.2, 0.25) is 5.91 Å². The largest absolute Gasteiger partial charge is 0.368 e. The van der Waals surface area contributed by atoms with Crippen molar-refractivity contribution in [1.82, 2.24) is 15.3 Å². The molecule has 0 spiro atoms. The minimum absolute atomic E-state index is 0.236. The molecule has 19 heavy (non-hydrogen) atoms. The van der Waals surface area contributed by atoms with Gasteiger partial charge in [0.1, 0.15) is 0 Å². The maximum atomic E-state index is 11.3. The minimum atomic E-state index is -0.310. The Bertz CT molecular complexity index is 416. The molecular weight excluding hydrogens is 260 g/mol. The summed E-state index contributed by atoms with van der Waals surface area (Å²) >= 11 is 1.55. The Morgan fingerprint density at radius 1 is 1.37 bits per heavy atom. The fourth-order valence-electron chi connectivity index (χ4n) is 1.74. The van der Waals surface area contributed by atoms with Gasteiger partial charge in [0.15, 0.2) is 5.16 Å². The summed E-state index contributed by atoms with van der Waals surface area (Å²) in [5.74, 6) is 0.451. The highest BCUT2D eigenvalue weighted by Crippen LogP contribution is 2.16. The molecule has 0 fully saturated rings. The van der Waals surface area contributed by atoms with E-state index in [4.69, 9.17) is 5.73 Å². The van der Waals surface area contributed by atoms with E-state index in [1.54, 1.807) is 11.8 Å². The van der Waals surface area contributed by atoms with E-state index in [2.05, 4.69) is 15.3 Å². The first-order valence-electron chi connectivity index (χ1n) is 6.39. The maximum Gasteiger partial charge on any atom is 0.234 e. The van der Waals surface area contributed by atoms with Gasteiger partial charge in [-0.2, -0.15) is 0 Å². The summed E-state index contributed by atoms with van der Waals surface area (Å²) in [4.78, 5) is 20.0. The number of nitrogens with zero attached hydrogens (tertiary/aromatic N) is 2. The highest BCUT2D eigenvalue weighted by molar-refractivity contribution is 7.99. The Hall–Kier alpha value is -1.14. The topological polar surface area (TPSA) is 80.9 Å². The Balaban J connectivity index is 2.49. The van der Waals surface area contributed by atoms with E-state index in [-0.39, 0.29) is 18.0 Å². The third-order valence-electron chi connectivity index (χ3n) is 2.48. The van der Waals surface area contributed by atoms with Crippen LogP contribution in [0.2, 0.25) is 0 Å². The molecule has 1 amide bonds. The van der Waals surface area contributed by atoms with E-state index in [9.17, 15) is 4.79 Å². The number of nitrogens with two attached hydrogens (primary N) is 1. The van der Waals surface area contributed by atoms with Gasteiger partial charge in [0.05, 0.1) is 6.04 Å². The molecule has 0 radical (unpaired) electrons. The van der Waals surface area contributed by atoms with Crippen molar-refractivity contribution in [1.29, 1.82) is 0 Å². The summed E-state index contributed by atoms with van der Waals surface area (Å²) in [6.45, 7) is 7.89. The number of hydrogen-bond donors (Lipinski definition) is 2. The highest BCUT2D eigenvalue weighted by atomic mass is 32.2. The zero-order chi connectivity index (χ0) is 14.4. The molecule has 0 aliphatic rings. The smallest absolute Gasteiger partial charge is 0.234 e. The number of aryl methyl sites for hydroxylation is 2. The third kappa shape index (κ3) is 6.02. The summed E-state index contributed by atoms with van der Waals surface area (Å²) in [5.41, 5.74) is 7.29. The molecule has 0 aromatic carbocycles. The lowest BCUT2D eigenvalue weighted by atomic mass is 10.2. The van der Waals surface area contributed by atoms with Gasteiger partial charge in [0.25, 0.3) is 0 Å². The standard InChI is InChI=1S/C13H22N4OS/c1-8(2)15-11(12(14)18)5-6-19-13-16-9(3)7-10(4)17-13/h7-8,11,15H,5-6H2,1-4H3,(H2,14,18). The van der Waals surface area contributed by atoms with Gasteiger partial charge < -0.3 is 11.1 Å². The molecule has 1 heterocycles. The monoisotopic (exact) mass is 282 g/mol. The Labute approximate surface area is 118 Å². The number of amides is 1. The molecule has 0 aliphatic carbocycles. The van der Waals surface area contributed by atoms with Crippen molar-refractivity contribution >= 4 is 17.7 Å². The SMILES string of the molecule is Cc1cc(C)nc(SCCC(NC(C)C)C(N)=O)n1. The second-order valence-electron chi connectivity index (χ2n) is 4.85. The predicted octanol–water partition coefficient (Wildman–Crippen LogP) is 1.43. The van der Waals surface area contributed by atoms with Gasteiger partial charge >= 0.3 is 0 Å². The van der Waals surface area contributed by atoms with Gasteiger partial charge in [-0.1, -0.05) is 25.6 Å². The average Bonchev–Trinajstić information content (AvgIpc) is 2.25. The predicted molar refractivity (Wildman–Crippen MR) is 78.1 cm³/mol. The van der Waals surface area contributed by atoms with Gasteiger partial charge in [-0.3, -0.25) is 4.79 Å². The van der Waals surface area contributed by atoms with Gasteiger partial charge in [-0.15, -0.1) is 0 Å². The summed E-state index contributed by atoms with van der Waals surface area (Å²) < 4.78 is 0. The maximum absolute atomic E-state index is 11.3. The molecule has 1 unspecified atom stereocenters. The van der Waals surface area contributed by atoms with Gasteiger partial charge in [-0.25, -0.2) is 9.97 Å². The normalized spacial score (nSPS) is 12.7. The van der Waals surface area contributed by atoms with Crippen LogP contribution in [0.25, 0.3) is 0 Å². The average molecular weight is 282 g/mol. The third-order valence-corrected chi connectivity index (χ3v) is 3.36. The van der Waals surface area contributed by atoms with Crippen molar-refractivity contribution in [2.45, 2.75) is 51.4 Å². The van der Waals surface area contributed by atoms with Crippen LogP contribution in [0.5, 0.6) is 0 Å². The Morgan fingerprint density at radius 3 is 2.42 bits per heavy atom. The molecule has 0 aliphatic heterocycles. The van der Waals surface area contributed by atoms with Crippen LogP contribution in [0.4, 0.5) is 0 Å². The second-order valence-corrected chi connectivity index (χ2v) is 5.91. The summed E-state index contributed by atoms with van der Waals surface area (Å²) in [6.07, 6.45) is 0.675. The minimum Gasteiger partial charge on any atom is -0.368 e. The first-order chi connectivity index (χ1) is 8.88. The molecule has 6 heteroatoms. The van der Waals surface area contributed by atoms with Crippen LogP contribution in [-0.4, -0.2) is 33.7 Å². The van der Waals surface area contributed by atoms with E-state index in [1.807, 2.05) is 33.8 Å². The molecular formula is C13H22N4OS. The van der Waals surface area contributed by atoms with Crippen LogP contribution >= 0.6 is 11.8 Å². The van der Waals surface area contributed by atoms with E-state index >= 15 is 0 Å². The molecule has 106 valence electrons. The van der Waals surface area contributed by atoms with E-state index in [0.717, 1.165) is 22.3 Å². The van der Waals surface area contributed by atoms with Crippen molar-refractivity contribution in [3.63, 3.8) is 0 Å². The van der Waals surface area contributed by atoms with Crippen molar-refractivity contribution in [3.05, 3.63) is 17.5 Å². The Kier molecular flexibility index (Phi) is 6.24. The fraction of sp³-hybridized carbons (Fsp3) is 0.615. The first-order valence-corrected chi connectivity index (χ1v) is 7.37. The lowest BCUT2D eigenvalue weighted by molar-refractivity contribution is -0.120. The van der Waals surface area contributed by atoms with Crippen molar-refractivity contribution in [2.24, 2.45) is 5.73 Å². The number of rotatable bonds is 7. The van der Waals surface area contributed by atoms with E-state index in [1.165, 1.54) is 0 Å². The summed E-state index contributed by atoms with van der Waals surface area (Å²) in [6, 6.07) is 1.88. The first kappa shape index (κ1) is 15.9. The lowest BCUT2D eigenvalue weighted by Gasteiger charge is -2.17. The van der Waals surface area contributed by atoms with Gasteiger partial charge in [-0.05, 0) is 26.3 Å². The van der Waals surface area contributed by atoms with Crippen molar-refractivity contribution in [2.75, 3.05) is 5.75 Å². The Morgan fingerprint density at radius 2 is 1.95 bits per heavy atom. The number of hydrogen-bond acceptors (Lipinski definition) is 5. The number of aromatic nitrogens is 2. The van der Waals surface area contributed by atoms with Gasteiger partial charge in [0, 0.05) is 23.2 Å². The van der Waals surface area contributed by atoms with E-state index in [0.29, 0.717) is 6.42 Å². The number of carbonyl (C=O) groups excluding carboxylic acids is 1. The van der Waals surface area contributed by atoms with Crippen LogP contribution in [0.3, 0.4) is 0 Å². The van der Waals surface area contributed by atoms with Crippen molar-refractivity contribution < 1.29 is 4.79 Å². The molecule has 1 aromatic heterocycles. The molecule has 5 nitrogen and oxygen atoms in total. The highest BCUT2D eigenvalue weighted by Gasteiger charge is 2.15. The van der Waals surface area contributed by atoms with Crippen LogP contribution in [0.15, 0.2) is 11.2 Å². The lowest BCUT2D eigenvalue weighted by Crippen LogP contribution is -2.44. The van der Waals surface area contributed by atoms with Crippen LogP contribution < -0.4 is 11.1 Å². The summed E-state index contributed by atoms with van der Waals surface area (Å²) in [5, 5.41) is 3.91. The zero-order valence-corrected chi connectivity index (χ0v) is 12.8. The molecule has 0 bridgehead atoms. The van der Waals surface area contributed by atoms with Crippen LogP contribution in [0.1, 0.15) is 31.7 Å². The zero-order valence-electron chi connectivity index (χ0n) is 11.9. The summed E-state index contributed by atoms with van der Waals surface area (Å²) in [7, 11) is 0. The number of carbonyl (C=O) groups is 1. The van der Waals surface area contributed by atoms with E-state index < -0.39 is 0 Å². The number of thioether (sulfide) groups is 1. The van der Waals surface area contributed by atoms with Crippen molar-refractivity contribution in [3.8, 4) is 0 Å². The fourth-order valence-corrected chi connectivity index (χ4v) is 2.69. The second kappa shape index (κ2) is 7.45. The molecule has 1 aromatic rings. The number of nitrogens with one attached hydrogen (secondary N) is 1. The molecule has 1 atom stereocenters. The molecule has 0 saturated carbocycles. The molecule has 0 saturated heterocycles.